The van der Waals surface area contributed by atoms with Gasteiger partial charge in [0.05, 0.1) is 14.2 Å². The molecule has 0 aliphatic rings. The van der Waals surface area contributed by atoms with E-state index in [9.17, 15) is 9.59 Å². The molecule has 0 heterocycles. The molecule has 4 nitrogen and oxygen atoms in total. The average molecular weight is 374 g/mol. The second-order valence-corrected chi connectivity index (χ2v) is 6.60. The van der Waals surface area contributed by atoms with Gasteiger partial charge in [-0.3, -0.25) is 9.59 Å². The van der Waals surface area contributed by atoms with Crippen molar-refractivity contribution < 1.29 is 19.1 Å². The molecule has 142 valence electrons. The van der Waals surface area contributed by atoms with Crippen LogP contribution in [-0.4, -0.2) is 25.8 Å². The highest BCUT2D eigenvalue weighted by Crippen LogP contribution is 2.22. The van der Waals surface area contributed by atoms with Gasteiger partial charge in [-0.15, -0.1) is 0 Å². The van der Waals surface area contributed by atoms with E-state index >= 15 is 0 Å². The van der Waals surface area contributed by atoms with E-state index in [-0.39, 0.29) is 11.6 Å². The normalized spacial score (nSPS) is 10.4. The highest BCUT2D eigenvalue weighted by Gasteiger charge is 2.14. The Bertz CT molecular complexity index is 948. The fourth-order valence-corrected chi connectivity index (χ4v) is 3.15. The van der Waals surface area contributed by atoms with Crippen LogP contribution in [0.4, 0.5) is 0 Å². The van der Waals surface area contributed by atoms with Gasteiger partial charge in [0.1, 0.15) is 11.5 Å². The summed E-state index contributed by atoms with van der Waals surface area (Å²) in [6, 6.07) is 17.4. The molecule has 28 heavy (non-hydrogen) atoms. The summed E-state index contributed by atoms with van der Waals surface area (Å²) < 4.78 is 10.5. The zero-order valence-electron chi connectivity index (χ0n) is 16.4. The van der Waals surface area contributed by atoms with Crippen molar-refractivity contribution in [3.8, 4) is 11.5 Å². The van der Waals surface area contributed by atoms with E-state index in [4.69, 9.17) is 9.47 Å². The van der Waals surface area contributed by atoms with E-state index in [0.29, 0.717) is 22.3 Å². The molecule has 0 saturated carbocycles. The summed E-state index contributed by atoms with van der Waals surface area (Å²) in [5, 5.41) is 0. The van der Waals surface area contributed by atoms with Gasteiger partial charge in [0.15, 0.2) is 11.6 Å². The molecule has 0 fully saturated rings. The topological polar surface area (TPSA) is 52.6 Å². The molecule has 3 aromatic rings. The number of carbonyl (C=O) groups excluding carboxylic acids is 2. The number of aryl methyl sites for hydroxylation is 2. The van der Waals surface area contributed by atoms with Crippen LogP contribution in [0.2, 0.25) is 0 Å². The second-order valence-electron chi connectivity index (χ2n) is 6.60. The van der Waals surface area contributed by atoms with Crippen molar-refractivity contribution in [1.82, 2.24) is 0 Å². The maximum Gasteiger partial charge on any atom is 0.193 e. The molecule has 0 spiro atoms. The molecule has 0 saturated heterocycles. The zero-order chi connectivity index (χ0) is 20.3. The summed E-state index contributed by atoms with van der Waals surface area (Å²) >= 11 is 0. The predicted molar refractivity (Wildman–Crippen MR) is 109 cm³/mol. The summed E-state index contributed by atoms with van der Waals surface area (Å²) in [6.07, 6.45) is 0. The molecule has 0 aliphatic heterocycles. The van der Waals surface area contributed by atoms with Gasteiger partial charge in [-0.25, -0.2) is 0 Å². The number of hydrogen-bond donors (Lipinski definition) is 0. The lowest BCUT2D eigenvalue weighted by Gasteiger charge is -2.08. The SMILES string of the molecule is COc1ccc(C(=O)c2ccc(C(=O)c3ccc(OC)c(C)c3)cc2)cc1C. The quantitative estimate of drug-likeness (QED) is 0.583. The van der Waals surface area contributed by atoms with Gasteiger partial charge in [0, 0.05) is 22.3 Å². The molecule has 0 atom stereocenters. The Morgan fingerprint density at radius 1 is 0.571 bits per heavy atom. The third-order valence-electron chi connectivity index (χ3n) is 4.72. The van der Waals surface area contributed by atoms with E-state index in [2.05, 4.69) is 0 Å². The van der Waals surface area contributed by atoms with Crippen LogP contribution in [0.5, 0.6) is 11.5 Å². The minimum absolute atomic E-state index is 0.0926. The van der Waals surface area contributed by atoms with Crippen molar-refractivity contribution in [3.63, 3.8) is 0 Å². The average Bonchev–Trinajstić information content (AvgIpc) is 2.72. The first-order valence-electron chi connectivity index (χ1n) is 8.93. The molecule has 0 radical (unpaired) electrons. The smallest absolute Gasteiger partial charge is 0.193 e. The number of methoxy groups -OCH3 is 2. The van der Waals surface area contributed by atoms with Crippen molar-refractivity contribution in [3.05, 3.63) is 94.0 Å². The van der Waals surface area contributed by atoms with E-state index in [0.717, 1.165) is 22.6 Å². The maximum absolute atomic E-state index is 12.7. The van der Waals surface area contributed by atoms with Gasteiger partial charge in [-0.1, -0.05) is 24.3 Å². The lowest BCUT2D eigenvalue weighted by molar-refractivity contribution is 0.102. The Balaban J connectivity index is 1.83. The van der Waals surface area contributed by atoms with Crippen LogP contribution in [0.1, 0.15) is 43.0 Å². The van der Waals surface area contributed by atoms with Crippen molar-refractivity contribution in [2.75, 3.05) is 14.2 Å². The van der Waals surface area contributed by atoms with Crippen LogP contribution in [0.15, 0.2) is 60.7 Å². The molecule has 3 rings (SSSR count). The summed E-state index contributed by atoms with van der Waals surface area (Å²) in [5.41, 5.74) is 4.04. The fraction of sp³-hybridized carbons (Fsp3) is 0.167. The zero-order valence-corrected chi connectivity index (χ0v) is 16.4. The number of ketones is 2. The van der Waals surface area contributed by atoms with Crippen LogP contribution >= 0.6 is 0 Å². The van der Waals surface area contributed by atoms with Crippen LogP contribution in [0.3, 0.4) is 0 Å². The Morgan fingerprint density at radius 2 is 0.893 bits per heavy atom. The van der Waals surface area contributed by atoms with Gasteiger partial charge < -0.3 is 9.47 Å². The highest BCUT2D eigenvalue weighted by atomic mass is 16.5. The third kappa shape index (κ3) is 3.81. The van der Waals surface area contributed by atoms with E-state index in [1.54, 1.807) is 74.9 Å². The van der Waals surface area contributed by atoms with Crippen molar-refractivity contribution >= 4 is 11.6 Å². The molecule has 0 amide bonds. The predicted octanol–water partition coefficient (Wildman–Crippen LogP) is 4.78. The summed E-state index contributed by atoms with van der Waals surface area (Å²) in [6.45, 7) is 3.79. The largest absolute Gasteiger partial charge is 0.496 e. The van der Waals surface area contributed by atoms with Crippen LogP contribution in [0.25, 0.3) is 0 Å². The van der Waals surface area contributed by atoms with Gasteiger partial charge in [-0.2, -0.15) is 0 Å². The van der Waals surface area contributed by atoms with Crippen LogP contribution in [-0.2, 0) is 0 Å². The first-order chi connectivity index (χ1) is 13.4. The molecule has 3 aromatic carbocycles. The summed E-state index contributed by atoms with van der Waals surface area (Å²) in [5.74, 6) is 1.30. The first kappa shape index (κ1) is 19.4. The summed E-state index contributed by atoms with van der Waals surface area (Å²) in [4.78, 5) is 25.4. The molecule has 4 heteroatoms. The van der Waals surface area contributed by atoms with Gasteiger partial charge in [0.25, 0.3) is 0 Å². The fourth-order valence-electron chi connectivity index (χ4n) is 3.15. The number of carbonyl (C=O) groups is 2. The van der Waals surface area contributed by atoms with E-state index < -0.39 is 0 Å². The number of rotatable bonds is 6. The van der Waals surface area contributed by atoms with Gasteiger partial charge >= 0.3 is 0 Å². The van der Waals surface area contributed by atoms with E-state index in [1.807, 2.05) is 13.8 Å². The van der Waals surface area contributed by atoms with Crippen molar-refractivity contribution in [2.24, 2.45) is 0 Å². The van der Waals surface area contributed by atoms with Crippen molar-refractivity contribution in [2.45, 2.75) is 13.8 Å². The first-order valence-corrected chi connectivity index (χ1v) is 8.93. The van der Waals surface area contributed by atoms with Crippen LogP contribution < -0.4 is 9.47 Å². The monoisotopic (exact) mass is 374 g/mol. The molecule has 0 bridgehead atoms. The maximum atomic E-state index is 12.7. The molecule has 0 unspecified atom stereocenters. The molecule has 0 aliphatic carbocycles. The van der Waals surface area contributed by atoms with Gasteiger partial charge in [0.2, 0.25) is 0 Å². The van der Waals surface area contributed by atoms with Crippen LogP contribution in [0, 0.1) is 13.8 Å². The Labute approximate surface area is 164 Å². The lowest BCUT2D eigenvalue weighted by atomic mass is 9.97. The van der Waals surface area contributed by atoms with E-state index in [1.165, 1.54) is 0 Å². The summed E-state index contributed by atoms with van der Waals surface area (Å²) in [7, 11) is 3.20. The van der Waals surface area contributed by atoms with Crippen molar-refractivity contribution in [1.29, 1.82) is 0 Å². The Morgan fingerprint density at radius 3 is 1.18 bits per heavy atom. The Kier molecular flexibility index (Phi) is 5.59. The number of benzene rings is 3. The molecular formula is C24H22O4. The molecule has 0 N–H and O–H groups in total. The number of hydrogen-bond acceptors (Lipinski definition) is 4. The van der Waals surface area contributed by atoms with Gasteiger partial charge in [-0.05, 0) is 61.4 Å². The lowest BCUT2D eigenvalue weighted by Crippen LogP contribution is -2.05. The second kappa shape index (κ2) is 8.09. The molecular weight excluding hydrogens is 352 g/mol. The third-order valence-corrected chi connectivity index (χ3v) is 4.72. The Hall–Kier alpha value is -3.40. The standard InChI is InChI=1S/C24H22O4/c1-15-13-19(9-11-21(15)27-3)23(25)17-5-7-18(8-6-17)24(26)20-10-12-22(28-4)16(2)14-20/h5-14H,1-4H3. The minimum Gasteiger partial charge on any atom is -0.496 e. The highest BCUT2D eigenvalue weighted by molar-refractivity contribution is 6.11. The minimum atomic E-state index is -0.0926. The number of ether oxygens (including phenoxy) is 2. The molecule has 0 aromatic heterocycles.